The Kier molecular flexibility index (Phi) is 4.28. The Hall–Kier alpha value is -1.32. The summed E-state index contributed by atoms with van der Waals surface area (Å²) in [6, 6.07) is 13.0. The maximum atomic E-state index is 10.3. The van der Waals surface area contributed by atoms with Gasteiger partial charge < -0.3 is 5.11 Å². The van der Waals surface area contributed by atoms with Gasteiger partial charge >= 0.3 is 0 Å². The van der Waals surface area contributed by atoms with Crippen molar-refractivity contribution in [2.45, 2.75) is 32.2 Å². The van der Waals surface area contributed by atoms with Gasteiger partial charge in [0.2, 0.25) is 0 Å². The number of fused-ring (bicyclic) bond motifs is 2. The van der Waals surface area contributed by atoms with E-state index in [4.69, 9.17) is 0 Å². The van der Waals surface area contributed by atoms with Crippen LogP contribution in [0, 0.1) is 0 Å². The van der Waals surface area contributed by atoms with Gasteiger partial charge in [-0.15, -0.1) is 17.0 Å². The average molecular weight is 360 g/mol. The van der Waals surface area contributed by atoms with Gasteiger partial charge in [0, 0.05) is 18.2 Å². The SMILES string of the molecule is Br.CCCN1CCc2cccc3c2C1Cc1c(O)cccc1-3. The molecule has 1 aliphatic heterocycles. The number of hydrogen-bond donors (Lipinski definition) is 1. The first-order valence-corrected chi connectivity index (χ1v) is 7.96. The molecule has 2 nitrogen and oxygen atoms in total. The summed E-state index contributed by atoms with van der Waals surface area (Å²) in [7, 11) is 0. The fourth-order valence-corrected chi connectivity index (χ4v) is 4.08. The minimum atomic E-state index is 0. The first kappa shape index (κ1) is 15.6. The third-order valence-electron chi connectivity index (χ3n) is 4.99. The molecule has 2 aliphatic rings. The largest absolute Gasteiger partial charge is 0.508 e. The number of aromatic hydroxyl groups is 1. The van der Waals surface area contributed by atoms with Gasteiger partial charge in [-0.2, -0.15) is 0 Å². The molecule has 2 aromatic rings. The zero-order valence-corrected chi connectivity index (χ0v) is 14.6. The Labute approximate surface area is 142 Å². The molecule has 0 bridgehead atoms. The zero-order chi connectivity index (χ0) is 14.4. The van der Waals surface area contributed by atoms with E-state index < -0.39 is 0 Å². The van der Waals surface area contributed by atoms with Crippen LogP contribution in [-0.2, 0) is 12.8 Å². The summed E-state index contributed by atoms with van der Waals surface area (Å²) < 4.78 is 0. The molecular weight excluding hydrogens is 338 g/mol. The third-order valence-corrected chi connectivity index (χ3v) is 4.99. The molecule has 4 rings (SSSR count). The van der Waals surface area contributed by atoms with Gasteiger partial charge in [0.1, 0.15) is 5.75 Å². The molecule has 0 saturated carbocycles. The number of rotatable bonds is 2. The number of nitrogens with zero attached hydrogens (tertiary/aromatic N) is 1. The van der Waals surface area contributed by atoms with E-state index in [1.807, 2.05) is 12.1 Å². The Balaban J connectivity index is 0.00000144. The quantitative estimate of drug-likeness (QED) is 0.852. The molecule has 0 aromatic heterocycles. The molecule has 1 atom stereocenters. The topological polar surface area (TPSA) is 23.5 Å². The van der Waals surface area contributed by atoms with Crippen LogP contribution in [0.3, 0.4) is 0 Å². The highest BCUT2D eigenvalue weighted by atomic mass is 79.9. The molecule has 3 heteroatoms. The van der Waals surface area contributed by atoms with Crippen LogP contribution in [0.5, 0.6) is 5.75 Å². The summed E-state index contributed by atoms with van der Waals surface area (Å²) in [6.45, 7) is 4.52. The second kappa shape index (κ2) is 6.05. The van der Waals surface area contributed by atoms with Gasteiger partial charge in [0.25, 0.3) is 0 Å². The first-order valence-electron chi connectivity index (χ1n) is 7.96. The fourth-order valence-electron chi connectivity index (χ4n) is 4.08. The van der Waals surface area contributed by atoms with Gasteiger partial charge in [-0.3, -0.25) is 4.90 Å². The molecule has 1 N–H and O–H groups in total. The van der Waals surface area contributed by atoms with Crippen molar-refractivity contribution in [1.82, 2.24) is 4.90 Å². The lowest BCUT2D eigenvalue weighted by molar-refractivity contribution is 0.182. The molecule has 0 spiro atoms. The van der Waals surface area contributed by atoms with Crippen LogP contribution in [0.15, 0.2) is 36.4 Å². The van der Waals surface area contributed by atoms with Crippen LogP contribution in [0.2, 0.25) is 0 Å². The number of phenols is 1. The van der Waals surface area contributed by atoms with Crippen molar-refractivity contribution in [3.8, 4) is 16.9 Å². The van der Waals surface area contributed by atoms with Crippen molar-refractivity contribution in [3.63, 3.8) is 0 Å². The van der Waals surface area contributed by atoms with Crippen molar-refractivity contribution in [3.05, 3.63) is 53.1 Å². The van der Waals surface area contributed by atoms with E-state index in [1.165, 1.54) is 28.7 Å². The molecule has 0 fully saturated rings. The van der Waals surface area contributed by atoms with Gasteiger partial charge in [0.15, 0.2) is 0 Å². The van der Waals surface area contributed by atoms with Crippen LogP contribution < -0.4 is 0 Å². The molecule has 22 heavy (non-hydrogen) atoms. The van der Waals surface area contributed by atoms with E-state index in [2.05, 4.69) is 36.1 Å². The van der Waals surface area contributed by atoms with Gasteiger partial charge in [0.05, 0.1) is 0 Å². The Morgan fingerprint density at radius 2 is 1.91 bits per heavy atom. The van der Waals surface area contributed by atoms with E-state index in [0.717, 1.165) is 31.5 Å². The van der Waals surface area contributed by atoms with Crippen molar-refractivity contribution in [2.24, 2.45) is 0 Å². The minimum Gasteiger partial charge on any atom is -0.508 e. The van der Waals surface area contributed by atoms with Crippen molar-refractivity contribution < 1.29 is 5.11 Å². The van der Waals surface area contributed by atoms with E-state index in [0.29, 0.717) is 11.8 Å². The Morgan fingerprint density at radius 3 is 2.73 bits per heavy atom. The second-order valence-electron chi connectivity index (χ2n) is 6.19. The van der Waals surface area contributed by atoms with Gasteiger partial charge in [-0.25, -0.2) is 0 Å². The third kappa shape index (κ3) is 2.27. The molecule has 116 valence electrons. The number of halogens is 1. The van der Waals surface area contributed by atoms with E-state index in [-0.39, 0.29) is 17.0 Å². The molecule has 1 unspecified atom stereocenters. The predicted octanol–water partition coefficient (Wildman–Crippen LogP) is 4.50. The van der Waals surface area contributed by atoms with Crippen LogP contribution in [-0.4, -0.2) is 23.1 Å². The smallest absolute Gasteiger partial charge is 0.119 e. The van der Waals surface area contributed by atoms with Crippen molar-refractivity contribution in [1.29, 1.82) is 0 Å². The highest BCUT2D eigenvalue weighted by molar-refractivity contribution is 8.93. The summed E-state index contributed by atoms with van der Waals surface area (Å²) in [5.41, 5.74) is 6.68. The molecular formula is C19H22BrNO. The van der Waals surface area contributed by atoms with Crippen LogP contribution in [0.4, 0.5) is 0 Å². The van der Waals surface area contributed by atoms with Crippen LogP contribution in [0.1, 0.15) is 36.1 Å². The van der Waals surface area contributed by atoms with E-state index in [9.17, 15) is 5.11 Å². The zero-order valence-electron chi connectivity index (χ0n) is 12.9. The molecule has 1 aliphatic carbocycles. The maximum absolute atomic E-state index is 10.3. The van der Waals surface area contributed by atoms with Crippen LogP contribution >= 0.6 is 17.0 Å². The lowest BCUT2D eigenvalue weighted by Gasteiger charge is -2.41. The normalized spacial score (nSPS) is 19.0. The fraction of sp³-hybridized carbons (Fsp3) is 0.368. The highest BCUT2D eigenvalue weighted by Gasteiger charge is 2.34. The number of benzene rings is 2. The first-order chi connectivity index (χ1) is 10.3. The summed E-state index contributed by atoms with van der Waals surface area (Å²) in [6.07, 6.45) is 3.27. The van der Waals surface area contributed by atoms with E-state index >= 15 is 0 Å². The van der Waals surface area contributed by atoms with Gasteiger partial charge in [-0.05, 0) is 54.1 Å². The van der Waals surface area contributed by atoms with E-state index in [1.54, 1.807) is 0 Å². The second-order valence-corrected chi connectivity index (χ2v) is 6.19. The summed E-state index contributed by atoms with van der Waals surface area (Å²) >= 11 is 0. The Morgan fingerprint density at radius 1 is 1.14 bits per heavy atom. The molecule has 2 aromatic carbocycles. The number of hydrogen-bond acceptors (Lipinski definition) is 2. The summed E-state index contributed by atoms with van der Waals surface area (Å²) in [5.74, 6) is 0.450. The van der Waals surface area contributed by atoms with Crippen molar-refractivity contribution in [2.75, 3.05) is 13.1 Å². The minimum absolute atomic E-state index is 0. The lowest BCUT2D eigenvalue weighted by atomic mass is 9.77. The Bertz CT molecular complexity index is 698. The summed E-state index contributed by atoms with van der Waals surface area (Å²) in [4.78, 5) is 2.60. The number of phenolic OH excluding ortho intramolecular Hbond substituents is 1. The molecule has 0 saturated heterocycles. The van der Waals surface area contributed by atoms with Gasteiger partial charge in [-0.1, -0.05) is 37.3 Å². The standard InChI is InChI=1S/C19H21NO.BrH/c1-2-10-20-11-9-13-5-3-7-15-14-6-4-8-18(21)16(14)12-17(20)19(13)15;/h3-8,17,21H,2,9-12H2,1H3;1H. The summed E-state index contributed by atoms with van der Waals surface area (Å²) in [5, 5.41) is 10.3. The molecule has 0 amide bonds. The monoisotopic (exact) mass is 359 g/mol. The molecule has 0 radical (unpaired) electrons. The highest BCUT2D eigenvalue weighted by Crippen LogP contribution is 2.47. The predicted molar refractivity (Wildman–Crippen MR) is 95.9 cm³/mol. The lowest BCUT2D eigenvalue weighted by Crippen LogP contribution is -2.38. The maximum Gasteiger partial charge on any atom is 0.119 e. The molecule has 1 heterocycles. The van der Waals surface area contributed by atoms with Crippen molar-refractivity contribution >= 4 is 17.0 Å². The van der Waals surface area contributed by atoms with Crippen LogP contribution in [0.25, 0.3) is 11.1 Å². The average Bonchev–Trinajstić information content (AvgIpc) is 2.51.